The van der Waals surface area contributed by atoms with E-state index in [1.54, 1.807) is 0 Å². The summed E-state index contributed by atoms with van der Waals surface area (Å²) in [5, 5.41) is 31.6. The number of aliphatic hydroxyl groups excluding tert-OH is 3. The number of nitrogens with two attached hydrogens (primary N) is 1. The number of nitrogens with one attached hydrogen (secondary N) is 1. The molecule has 0 aromatic carbocycles. The van der Waals surface area contributed by atoms with E-state index in [9.17, 15) is 19.9 Å². The molecule has 118 valence electrons. The van der Waals surface area contributed by atoms with Gasteiger partial charge in [0.25, 0.3) is 11.5 Å². The molecule has 1 aliphatic heterocycles. The molecule has 12 nitrogen and oxygen atoms in total. The predicted octanol–water partition coefficient (Wildman–Crippen LogP) is -2.29. The number of aromatic nitrogens is 4. The van der Waals surface area contributed by atoms with Crippen LogP contribution in [-0.4, -0.2) is 59.8 Å². The van der Waals surface area contributed by atoms with Crippen LogP contribution in [0, 0.1) is 4.91 Å². The van der Waals surface area contributed by atoms with E-state index in [4.69, 9.17) is 15.6 Å². The Morgan fingerprint density at radius 3 is 2.68 bits per heavy atom. The van der Waals surface area contributed by atoms with E-state index in [0.717, 1.165) is 4.57 Å². The summed E-state index contributed by atoms with van der Waals surface area (Å²) in [6.07, 6.45) is -5.27. The lowest BCUT2D eigenvalue weighted by atomic mass is 10.1. The van der Waals surface area contributed by atoms with E-state index < -0.39 is 42.7 Å². The number of aromatic amines is 1. The first kappa shape index (κ1) is 14.5. The number of imidazole rings is 1. The number of aliphatic hydroxyl groups is 3. The lowest BCUT2D eigenvalue weighted by molar-refractivity contribution is -0.0502. The first-order valence-corrected chi connectivity index (χ1v) is 6.21. The van der Waals surface area contributed by atoms with Crippen LogP contribution < -0.4 is 11.3 Å². The van der Waals surface area contributed by atoms with Gasteiger partial charge in [-0.25, -0.2) is 4.98 Å². The number of nitrogen functional groups attached to an aromatic ring is 1. The minimum Gasteiger partial charge on any atom is -0.394 e. The molecule has 22 heavy (non-hydrogen) atoms. The number of nitrogens with zero attached hydrogens (tertiary/aromatic N) is 4. The highest BCUT2D eigenvalue weighted by Crippen LogP contribution is 2.34. The number of hydrogen-bond acceptors (Lipinski definition) is 10. The molecular formula is C10H12N6O6. The van der Waals surface area contributed by atoms with E-state index in [-0.39, 0.29) is 17.1 Å². The van der Waals surface area contributed by atoms with E-state index in [0.29, 0.717) is 0 Å². The zero-order valence-corrected chi connectivity index (χ0v) is 10.9. The molecular weight excluding hydrogens is 300 g/mol. The third-order valence-electron chi connectivity index (χ3n) is 3.40. The van der Waals surface area contributed by atoms with Crippen LogP contribution in [0.5, 0.6) is 0 Å². The van der Waals surface area contributed by atoms with Crippen LogP contribution in [0.15, 0.2) is 9.97 Å². The summed E-state index contributed by atoms with van der Waals surface area (Å²) in [5.41, 5.74) is 4.40. The summed E-state index contributed by atoms with van der Waals surface area (Å²) in [5.74, 6) is -0.712. The van der Waals surface area contributed by atoms with Crippen molar-refractivity contribution in [3.05, 3.63) is 15.3 Å². The van der Waals surface area contributed by atoms with Gasteiger partial charge in [-0.15, -0.1) is 4.91 Å². The second kappa shape index (κ2) is 5.10. The summed E-state index contributed by atoms with van der Waals surface area (Å²) in [6.45, 7) is -0.554. The Bertz CT molecular complexity index is 786. The normalized spacial score (nSPS) is 28.3. The van der Waals surface area contributed by atoms with Crippen molar-refractivity contribution in [3.63, 3.8) is 0 Å². The molecule has 0 amide bonds. The van der Waals surface area contributed by atoms with Crippen LogP contribution in [0.4, 0.5) is 11.9 Å². The number of rotatable bonds is 3. The topological polar surface area (TPSA) is 189 Å². The molecule has 3 rings (SSSR count). The number of H-pyrrole nitrogens is 1. The van der Waals surface area contributed by atoms with Crippen LogP contribution in [-0.2, 0) is 4.74 Å². The highest BCUT2D eigenvalue weighted by atomic mass is 16.6. The van der Waals surface area contributed by atoms with Gasteiger partial charge in [0.15, 0.2) is 17.4 Å². The Morgan fingerprint density at radius 2 is 2.09 bits per heavy atom. The summed E-state index contributed by atoms with van der Waals surface area (Å²) in [7, 11) is 0. The second-order valence-corrected chi connectivity index (χ2v) is 4.73. The molecule has 2 aromatic rings. The second-order valence-electron chi connectivity index (χ2n) is 4.73. The molecule has 1 saturated heterocycles. The molecule has 0 saturated carbocycles. The number of ether oxygens (including phenoxy) is 1. The molecule has 0 spiro atoms. The van der Waals surface area contributed by atoms with Gasteiger partial charge in [0.1, 0.15) is 18.3 Å². The number of hydrogen-bond donors (Lipinski definition) is 5. The van der Waals surface area contributed by atoms with Crippen molar-refractivity contribution in [2.75, 3.05) is 12.3 Å². The number of nitroso groups, excluding NO2 is 1. The van der Waals surface area contributed by atoms with Gasteiger partial charge in [-0.2, -0.15) is 4.98 Å². The maximum absolute atomic E-state index is 11.8. The zero-order valence-electron chi connectivity index (χ0n) is 10.9. The van der Waals surface area contributed by atoms with Gasteiger partial charge < -0.3 is 25.8 Å². The van der Waals surface area contributed by atoms with Crippen LogP contribution in [0.25, 0.3) is 11.2 Å². The molecule has 3 heterocycles. The third kappa shape index (κ3) is 1.97. The van der Waals surface area contributed by atoms with Gasteiger partial charge in [-0.3, -0.25) is 14.3 Å². The van der Waals surface area contributed by atoms with E-state index in [1.165, 1.54) is 0 Å². The Hall–Kier alpha value is -2.41. The molecule has 1 fully saturated rings. The molecule has 4 atom stereocenters. The van der Waals surface area contributed by atoms with Gasteiger partial charge in [0, 0.05) is 5.18 Å². The molecule has 0 radical (unpaired) electrons. The fourth-order valence-corrected chi connectivity index (χ4v) is 2.38. The summed E-state index contributed by atoms with van der Waals surface area (Å²) in [6, 6.07) is 0. The molecule has 0 unspecified atom stereocenters. The molecule has 12 heteroatoms. The largest absolute Gasteiger partial charge is 0.394 e. The Labute approximate surface area is 121 Å². The van der Waals surface area contributed by atoms with Gasteiger partial charge in [0.2, 0.25) is 5.95 Å². The average molecular weight is 312 g/mol. The van der Waals surface area contributed by atoms with Gasteiger partial charge in [-0.1, -0.05) is 0 Å². The standard InChI is InChI=1S/C10H12N6O6/c11-9-13-6-3(7(20)14-9)12-10(15-21)16(6)8-5(19)4(18)2(1-17)22-8/h2,4-5,8,17-19H,1H2,(H3,11,13,14,20)/t2-,4-,5-,8-/m1/s1. The SMILES string of the molecule is Nc1nc2c(nc(N=O)n2[C@@H]2O[C@H](CO)[C@@H](O)[C@H]2O)c(=O)[nH]1. The first-order valence-electron chi connectivity index (χ1n) is 6.21. The zero-order chi connectivity index (χ0) is 16.0. The Balaban J connectivity index is 2.22. The van der Waals surface area contributed by atoms with E-state index in [1.807, 2.05) is 0 Å². The molecule has 1 aliphatic rings. The van der Waals surface area contributed by atoms with Crippen LogP contribution in [0.2, 0.25) is 0 Å². The highest BCUT2D eigenvalue weighted by molar-refractivity contribution is 5.74. The van der Waals surface area contributed by atoms with E-state index >= 15 is 0 Å². The molecule has 6 N–H and O–H groups in total. The van der Waals surface area contributed by atoms with Crippen molar-refractivity contribution < 1.29 is 20.1 Å². The summed E-state index contributed by atoms with van der Waals surface area (Å²) >= 11 is 0. The lowest BCUT2D eigenvalue weighted by Crippen LogP contribution is -2.33. The summed E-state index contributed by atoms with van der Waals surface area (Å²) < 4.78 is 6.25. The van der Waals surface area contributed by atoms with Crippen molar-refractivity contribution in [1.29, 1.82) is 0 Å². The monoisotopic (exact) mass is 312 g/mol. The smallest absolute Gasteiger partial charge is 0.280 e. The third-order valence-corrected chi connectivity index (χ3v) is 3.40. The minimum absolute atomic E-state index is 0.134. The molecule has 0 aliphatic carbocycles. The van der Waals surface area contributed by atoms with Crippen LogP contribution in [0.1, 0.15) is 6.23 Å². The van der Waals surface area contributed by atoms with Crippen molar-refractivity contribution in [3.8, 4) is 0 Å². The lowest BCUT2D eigenvalue weighted by Gasteiger charge is -2.17. The Morgan fingerprint density at radius 1 is 1.36 bits per heavy atom. The van der Waals surface area contributed by atoms with Crippen molar-refractivity contribution in [1.82, 2.24) is 19.5 Å². The van der Waals surface area contributed by atoms with Crippen molar-refractivity contribution >= 4 is 23.1 Å². The Kier molecular flexibility index (Phi) is 3.37. The van der Waals surface area contributed by atoms with Crippen LogP contribution >= 0.6 is 0 Å². The fraction of sp³-hybridized carbons (Fsp3) is 0.500. The first-order chi connectivity index (χ1) is 10.5. The van der Waals surface area contributed by atoms with Crippen LogP contribution in [0.3, 0.4) is 0 Å². The van der Waals surface area contributed by atoms with E-state index in [2.05, 4.69) is 20.1 Å². The molecule has 0 bridgehead atoms. The molecule has 2 aromatic heterocycles. The maximum Gasteiger partial charge on any atom is 0.280 e. The summed E-state index contributed by atoms with van der Waals surface area (Å²) in [4.78, 5) is 32.5. The average Bonchev–Trinajstić information content (AvgIpc) is 2.98. The fourth-order valence-electron chi connectivity index (χ4n) is 2.38. The quantitative estimate of drug-likeness (QED) is 0.388. The highest BCUT2D eigenvalue weighted by Gasteiger charge is 2.45. The van der Waals surface area contributed by atoms with Gasteiger partial charge in [0.05, 0.1) is 6.61 Å². The number of fused-ring (bicyclic) bond motifs is 1. The predicted molar refractivity (Wildman–Crippen MR) is 71.0 cm³/mol. The van der Waals surface area contributed by atoms with Gasteiger partial charge in [-0.05, 0) is 0 Å². The van der Waals surface area contributed by atoms with Crippen molar-refractivity contribution in [2.24, 2.45) is 5.18 Å². The van der Waals surface area contributed by atoms with Gasteiger partial charge >= 0.3 is 0 Å². The minimum atomic E-state index is -1.49. The number of anilines is 1. The van der Waals surface area contributed by atoms with Crippen molar-refractivity contribution in [2.45, 2.75) is 24.5 Å². The maximum atomic E-state index is 11.8.